The minimum Gasteiger partial charge on any atom is -0.466 e. The van der Waals surface area contributed by atoms with Crippen molar-refractivity contribution in [1.29, 1.82) is 0 Å². The summed E-state index contributed by atoms with van der Waals surface area (Å²) in [4.78, 5) is 37.3. The molecule has 41 heavy (non-hydrogen) atoms. The number of fused-ring (bicyclic) bond motifs is 1. The summed E-state index contributed by atoms with van der Waals surface area (Å²) in [6.07, 6.45) is 6.52. The van der Waals surface area contributed by atoms with Crippen molar-refractivity contribution in [3.63, 3.8) is 0 Å². The standard InChI is InChI=1S/C34H41N3O4/c1-7-40-29(38)12-10-8-9-11-27-21-22-28-32(37(27)33(39)41-34(4,5)6)36-31(26-19-15-24(3)16-20-26)30(35-28)25-17-13-23(2)14-18-25/h8-9,13-20,27H,7,10-12,21-22H2,1-6H3. The average molecular weight is 556 g/mol. The number of aryl methyl sites for hydroxylation is 3. The van der Waals surface area contributed by atoms with Crippen molar-refractivity contribution < 1.29 is 19.1 Å². The maximum atomic E-state index is 13.7. The summed E-state index contributed by atoms with van der Waals surface area (Å²) in [5.74, 6) is 0.337. The van der Waals surface area contributed by atoms with Gasteiger partial charge >= 0.3 is 12.1 Å². The second-order valence-corrected chi connectivity index (χ2v) is 11.5. The normalized spacial score (nSPS) is 15.1. The third kappa shape index (κ3) is 7.81. The van der Waals surface area contributed by atoms with Gasteiger partial charge in [-0.25, -0.2) is 14.8 Å². The van der Waals surface area contributed by atoms with Gasteiger partial charge < -0.3 is 9.47 Å². The monoisotopic (exact) mass is 555 g/mol. The fraction of sp³-hybridized carbons (Fsp3) is 0.412. The number of carbonyl (C=O) groups is 2. The van der Waals surface area contributed by atoms with E-state index in [1.165, 1.54) is 5.56 Å². The lowest BCUT2D eigenvalue weighted by Gasteiger charge is -2.36. The van der Waals surface area contributed by atoms with Crippen LogP contribution in [0.1, 0.15) is 70.2 Å². The molecule has 216 valence electrons. The van der Waals surface area contributed by atoms with Crippen molar-refractivity contribution in [1.82, 2.24) is 9.97 Å². The van der Waals surface area contributed by atoms with Gasteiger partial charge in [0, 0.05) is 23.6 Å². The van der Waals surface area contributed by atoms with E-state index in [9.17, 15) is 9.59 Å². The van der Waals surface area contributed by atoms with Gasteiger partial charge in [0.1, 0.15) is 5.60 Å². The zero-order valence-electron chi connectivity index (χ0n) is 25.1. The highest BCUT2D eigenvalue weighted by Gasteiger charge is 2.36. The Kier molecular flexibility index (Phi) is 9.58. The summed E-state index contributed by atoms with van der Waals surface area (Å²) in [6, 6.07) is 16.4. The van der Waals surface area contributed by atoms with E-state index in [0.717, 1.165) is 40.2 Å². The third-order valence-corrected chi connectivity index (χ3v) is 6.89. The van der Waals surface area contributed by atoms with Crippen molar-refractivity contribution in [2.45, 2.75) is 85.3 Å². The van der Waals surface area contributed by atoms with Gasteiger partial charge in [-0.05, 0) is 67.2 Å². The summed E-state index contributed by atoms with van der Waals surface area (Å²) in [5.41, 5.74) is 5.89. The lowest BCUT2D eigenvalue weighted by atomic mass is 9.97. The van der Waals surface area contributed by atoms with Gasteiger partial charge in [0.05, 0.1) is 23.7 Å². The molecule has 0 spiro atoms. The minimum atomic E-state index is -0.663. The molecule has 1 atom stereocenters. The van der Waals surface area contributed by atoms with Crippen molar-refractivity contribution in [3.05, 3.63) is 77.5 Å². The molecule has 1 unspecified atom stereocenters. The number of nitrogens with zero attached hydrogens (tertiary/aromatic N) is 3. The van der Waals surface area contributed by atoms with Crippen molar-refractivity contribution in [2.24, 2.45) is 0 Å². The molecule has 0 aliphatic carbocycles. The second kappa shape index (κ2) is 13.1. The molecule has 2 heterocycles. The molecule has 1 amide bonds. The SMILES string of the molecule is CCOC(=O)CCC=CCC1CCc2nc(-c3ccc(C)cc3)c(-c3ccc(C)cc3)nc2N1C(=O)OC(C)(C)C. The van der Waals surface area contributed by atoms with Gasteiger partial charge in [-0.3, -0.25) is 9.69 Å². The van der Waals surface area contributed by atoms with E-state index in [1.807, 2.05) is 45.1 Å². The van der Waals surface area contributed by atoms with Crippen molar-refractivity contribution in [3.8, 4) is 22.5 Å². The molecule has 0 radical (unpaired) electrons. The lowest BCUT2D eigenvalue weighted by molar-refractivity contribution is -0.143. The molecule has 7 nitrogen and oxygen atoms in total. The maximum Gasteiger partial charge on any atom is 0.416 e. The molecule has 0 N–H and O–H groups in total. The highest BCUT2D eigenvalue weighted by atomic mass is 16.6. The van der Waals surface area contributed by atoms with Crippen LogP contribution in [0.3, 0.4) is 0 Å². The van der Waals surface area contributed by atoms with Gasteiger partial charge in [0.15, 0.2) is 5.82 Å². The van der Waals surface area contributed by atoms with Gasteiger partial charge in [-0.2, -0.15) is 0 Å². The fourth-order valence-electron chi connectivity index (χ4n) is 4.83. The number of esters is 1. The highest BCUT2D eigenvalue weighted by molar-refractivity contribution is 5.90. The number of amides is 1. The van der Waals surface area contributed by atoms with E-state index in [-0.39, 0.29) is 12.0 Å². The number of ether oxygens (including phenoxy) is 2. The van der Waals surface area contributed by atoms with Gasteiger partial charge in [0.25, 0.3) is 0 Å². The van der Waals surface area contributed by atoms with E-state index >= 15 is 0 Å². The van der Waals surface area contributed by atoms with Crippen LogP contribution in [0.15, 0.2) is 60.7 Å². The highest BCUT2D eigenvalue weighted by Crippen LogP contribution is 2.37. The predicted molar refractivity (Wildman–Crippen MR) is 163 cm³/mol. The summed E-state index contributed by atoms with van der Waals surface area (Å²) >= 11 is 0. The first-order valence-electron chi connectivity index (χ1n) is 14.4. The summed E-state index contributed by atoms with van der Waals surface area (Å²) in [5, 5.41) is 0. The topological polar surface area (TPSA) is 81.6 Å². The van der Waals surface area contributed by atoms with Gasteiger partial charge in [0.2, 0.25) is 0 Å². The number of hydrogen-bond acceptors (Lipinski definition) is 6. The molecule has 0 bridgehead atoms. The van der Waals surface area contributed by atoms with Gasteiger partial charge in [-0.1, -0.05) is 71.8 Å². The average Bonchev–Trinajstić information content (AvgIpc) is 2.92. The first-order chi connectivity index (χ1) is 19.6. The van der Waals surface area contributed by atoms with E-state index in [0.29, 0.717) is 38.1 Å². The van der Waals surface area contributed by atoms with Crippen molar-refractivity contribution >= 4 is 17.9 Å². The van der Waals surface area contributed by atoms with Crippen molar-refractivity contribution in [2.75, 3.05) is 11.5 Å². The Morgan fingerprint density at radius 3 is 2.07 bits per heavy atom. The Labute approximate surface area is 243 Å². The Bertz CT molecular complexity index is 1390. The van der Waals surface area contributed by atoms with Crippen LogP contribution < -0.4 is 4.90 Å². The number of rotatable bonds is 8. The van der Waals surface area contributed by atoms with E-state index in [2.05, 4.69) is 50.2 Å². The van der Waals surface area contributed by atoms with Crippen LogP contribution in [0.5, 0.6) is 0 Å². The molecular weight excluding hydrogens is 514 g/mol. The quantitative estimate of drug-likeness (QED) is 0.209. The molecule has 2 aromatic carbocycles. The molecule has 4 rings (SSSR count). The van der Waals surface area contributed by atoms with Crippen LogP contribution >= 0.6 is 0 Å². The summed E-state index contributed by atoms with van der Waals surface area (Å²) in [6.45, 7) is 11.9. The van der Waals surface area contributed by atoms with Crippen LogP contribution in [-0.4, -0.2) is 40.3 Å². The Hall–Kier alpha value is -4.00. The molecule has 0 saturated heterocycles. The maximum absolute atomic E-state index is 13.7. The molecule has 3 aromatic rings. The molecule has 1 aliphatic rings. The third-order valence-electron chi connectivity index (χ3n) is 6.89. The molecule has 1 aromatic heterocycles. The number of benzene rings is 2. The van der Waals surface area contributed by atoms with Gasteiger partial charge in [-0.15, -0.1) is 0 Å². The fourth-order valence-corrected chi connectivity index (χ4v) is 4.83. The molecule has 1 aliphatic heterocycles. The first kappa shape index (κ1) is 30.0. The van der Waals surface area contributed by atoms with E-state index in [4.69, 9.17) is 19.4 Å². The Morgan fingerprint density at radius 1 is 0.927 bits per heavy atom. The second-order valence-electron chi connectivity index (χ2n) is 11.5. The van der Waals surface area contributed by atoms with Crippen LogP contribution in [-0.2, 0) is 20.7 Å². The van der Waals surface area contributed by atoms with Crippen LogP contribution in [0, 0.1) is 13.8 Å². The summed E-state index contributed by atoms with van der Waals surface area (Å²) in [7, 11) is 0. The molecular formula is C34H41N3O4. The summed E-state index contributed by atoms with van der Waals surface area (Å²) < 4.78 is 10.9. The smallest absolute Gasteiger partial charge is 0.416 e. The number of anilines is 1. The number of aromatic nitrogens is 2. The Balaban J connectivity index is 1.74. The number of allylic oxidation sites excluding steroid dienone is 1. The van der Waals surface area contributed by atoms with E-state index < -0.39 is 11.7 Å². The first-order valence-corrected chi connectivity index (χ1v) is 14.4. The molecule has 0 saturated carbocycles. The number of hydrogen-bond donors (Lipinski definition) is 0. The lowest BCUT2D eigenvalue weighted by Crippen LogP contribution is -2.47. The minimum absolute atomic E-state index is 0.151. The zero-order valence-corrected chi connectivity index (χ0v) is 25.1. The zero-order chi connectivity index (χ0) is 29.6. The Morgan fingerprint density at radius 2 is 1.51 bits per heavy atom. The largest absolute Gasteiger partial charge is 0.466 e. The van der Waals surface area contributed by atoms with E-state index in [1.54, 1.807) is 11.8 Å². The molecule has 7 heteroatoms. The van der Waals surface area contributed by atoms with Crippen LogP contribution in [0.2, 0.25) is 0 Å². The predicted octanol–water partition coefficient (Wildman–Crippen LogP) is 7.77. The number of carbonyl (C=O) groups excluding carboxylic acids is 2. The van der Waals surface area contributed by atoms with Crippen LogP contribution in [0.25, 0.3) is 22.5 Å². The van der Waals surface area contributed by atoms with Crippen LogP contribution in [0.4, 0.5) is 10.6 Å². The molecule has 0 fully saturated rings.